The lowest BCUT2D eigenvalue weighted by molar-refractivity contribution is -0.137. The van der Waals surface area contributed by atoms with Gasteiger partial charge < -0.3 is 14.9 Å². The molecule has 1 atom stereocenters. The van der Waals surface area contributed by atoms with E-state index in [1.807, 2.05) is 0 Å². The van der Waals surface area contributed by atoms with Gasteiger partial charge in [0.15, 0.2) is 5.69 Å². The number of carboxylic acids is 1. The van der Waals surface area contributed by atoms with Crippen molar-refractivity contribution < 1.29 is 27.9 Å². The van der Waals surface area contributed by atoms with Crippen LogP contribution in [-0.4, -0.2) is 67.3 Å². The predicted molar refractivity (Wildman–Crippen MR) is 97.0 cm³/mol. The predicted octanol–water partition coefficient (Wildman–Crippen LogP) is 1.81. The zero-order valence-corrected chi connectivity index (χ0v) is 16.7. The van der Waals surface area contributed by atoms with Gasteiger partial charge in [-0.2, -0.15) is 18.3 Å². The van der Waals surface area contributed by atoms with E-state index in [1.165, 1.54) is 9.58 Å². The Morgan fingerprint density at radius 3 is 2.45 bits per heavy atom. The highest BCUT2D eigenvalue weighted by atomic mass is 32.1. The Morgan fingerprint density at radius 2 is 1.93 bits per heavy atom. The second-order valence-corrected chi connectivity index (χ2v) is 7.70. The van der Waals surface area contributed by atoms with E-state index in [1.54, 1.807) is 25.7 Å². The molecule has 1 aliphatic rings. The number of thiazole rings is 1. The number of halogens is 3. The molecule has 1 aliphatic heterocycles. The second kappa shape index (κ2) is 7.61. The smallest absolute Gasteiger partial charge is 0.443 e. The minimum Gasteiger partial charge on any atom is -0.476 e. The summed E-state index contributed by atoms with van der Waals surface area (Å²) in [4.78, 5) is 34.6. The van der Waals surface area contributed by atoms with Gasteiger partial charge in [0.05, 0.1) is 0 Å². The summed E-state index contributed by atoms with van der Waals surface area (Å²) in [7, 11) is 0. The van der Waals surface area contributed by atoms with Crippen LogP contribution in [0.15, 0.2) is 0 Å². The molecule has 0 aliphatic carbocycles. The summed E-state index contributed by atoms with van der Waals surface area (Å²) in [5.41, 5.74) is -0.622. The number of alkyl halides is 3. The van der Waals surface area contributed by atoms with E-state index in [0.29, 0.717) is 23.0 Å². The van der Waals surface area contributed by atoms with Gasteiger partial charge in [0.2, 0.25) is 10.9 Å². The quantitative estimate of drug-likeness (QED) is 0.786. The van der Waals surface area contributed by atoms with Crippen molar-refractivity contribution in [3.63, 3.8) is 0 Å². The van der Waals surface area contributed by atoms with Gasteiger partial charge in [-0.3, -0.25) is 4.79 Å². The summed E-state index contributed by atoms with van der Waals surface area (Å²) in [5, 5.41) is 12.2. The first-order chi connectivity index (χ1) is 13.5. The number of rotatable bonds is 4. The van der Waals surface area contributed by atoms with Gasteiger partial charge in [-0.15, -0.1) is 0 Å². The third-order valence-corrected chi connectivity index (χ3v) is 5.70. The highest BCUT2D eigenvalue weighted by Gasteiger charge is 2.39. The fourth-order valence-corrected chi connectivity index (χ4v) is 4.19. The minimum absolute atomic E-state index is 0.0101. The van der Waals surface area contributed by atoms with Crippen LogP contribution >= 0.6 is 11.3 Å². The molecule has 3 rings (SSSR count). The number of anilines is 1. The number of aromatic carboxylic acids is 1. The molecule has 0 radical (unpaired) electrons. The molecule has 13 heteroatoms. The fraction of sp³-hybridized carbons (Fsp3) is 0.562. The fourth-order valence-electron chi connectivity index (χ4n) is 3.23. The van der Waals surface area contributed by atoms with Crippen LogP contribution < -0.4 is 4.90 Å². The van der Waals surface area contributed by atoms with Crippen molar-refractivity contribution in [2.45, 2.75) is 39.5 Å². The Bertz CT molecular complexity index is 941. The summed E-state index contributed by atoms with van der Waals surface area (Å²) in [6, 6.07) is -0.334. The summed E-state index contributed by atoms with van der Waals surface area (Å²) in [5.74, 6) is -0.545. The number of carboxylic acid groups (broad SMARTS) is 1. The van der Waals surface area contributed by atoms with Gasteiger partial charge in [-0.25, -0.2) is 19.4 Å². The highest BCUT2D eigenvalue weighted by molar-refractivity contribution is 7.16. The lowest BCUT2D eigenvalue weighted by Crippen LogP contribution is -2.55. The van der Waals surface area contributed by atoms with Crippen LogP contribution in [0.3, 0.4) is 0 Å². The van der Waals surface area contributed by atoms with Crippen molar-refractivity contribution in [1.82, 2.24) is 24.6 Å². The van der Waals surface area contributed by atoms with Crippen LogP contribution in [0, 0.1) is 13.8 Å². The first kappa shape index (κ1) is 21.0. The number of amides is 1. The molecule has 2 aromatic heterocycles. The van der Waals surface area contributed by atoms with E-state index in [0.717, 1.165) is 0 Å². The topological polar surface area (TPSA) is 104 Å². The van der Waals surface area contributed by atoms with Crippen molar-refractivity contribution in [3.05, 3.63) is 22.4 Å². The molecule has 2 aromatic rings. The van der Waals surface area contributed by atoms with Crippen molar-refractivity contribution in [3.8, 4) is 0 Å². The van der Waals surface area contributed by atoms with Crippen LogP contribution in [0.1, 0.15) is 34.1 Å². The average molecular weight is 432 g/mol. The maximum absolute atomic E-state index is 13.0. The normalized spacial score (nSPS) is 17.7. The molecule has 158 valence electrons. The molecule has 0 bridgehead atoms. The van der Waals surface area contributed by atoms with Crippen molar-refractivity contribution >= 4 is 28.2 Å². The minimum atomic E-state index is -4.72. The van der Waals surface area contributed by atoms with E-state index in [2.05, 4.69) is 15.1 Å². The third-order valence-electron chi connectivity index (χ3n) is 4.54. The number of hydrogen-bond donors (Lipinski definition) is 1. The Kier molecular flexibility index (Phi) is 5.52. The van der Waals surface area contributed by atoms with Gasteiger partial charge in [0, 0.05) is 25.7 Å². The van der Waals surface area contributed by atoms with E-state index in [-0.39, 0.29) is 43.1 Å². The van der Waals surface area contributed by atoms with Gasteiger partial charge in [0.1, 0.15) is 23.2 Å². The SMILES string of the molecule is Cc1nc(C)n(CC(=O)N2CCN(c3sc(C(F)(F)F)nc3C(=O)O)CC2C)n1. The number of piperazine rings is 1. The number of carbonyl (C=O) groups is 2. The molecule has 9 nitrogen and oxygen atoms in total. The van der Waals surface area contributed by atoms with Crippen LogP contribution in [0.2, 0.25) is 0 Å². The Hall–Kier alpha value is -2.70. The number of nitrogens with zero attached hydrogens (tertiary/aromatic N) is 6. The first-order valence-corrected chi connectivity index (χ1v) is 9.52. The Balaban J connectivity index is 1.74. The van der Waals surface area contributed by atoms with E-state index >= 15 is 0 Å². The van der Waals surface area contributed by atoms with E-state index < -0.39 is 22.8 Å². The van der Waals surface area contributed by atoms with Crippen molar-refractivity contribution in [1.29, 1.82) is 0 Å². The number of aromatic nitrogens is 4. The Morgan fingerprint density at radius 1 is 1.24 bits per heavy atom. The molecule has 1 amide bonds. The molecular weight excluding hydrogens is 413 g/mol. The van der Waals surface area contributed by atoms with Gasteiger partial charge in [0.25, 0.3) is 0 Å². The van der Waals surface area contributed by atoms with Gasteiger partial charge in [-0.05, 0) is 20.8 Å². The molecule has 0 spiro atoms. The molecule has 1 unspecified atom stereocenters. The molecular formula is C16H19F3N6O3S. The second-order valence-electron chi connectivity index (χ2n) is 6.72. The summed E-state index contributed by atoms with van der Waals surface area (Å²) in [6.45, 7) is 5.87. The third kappa shape index (κ3) is 4.33. The number of aryl methyl sites for hydroxylation is 2. The standard InChI is InChI=1S/C16H19F3N6O3S/c1-8-6-23(13-12(14(27)28)21-15(29-13)16(17,18)19)4-5-24(8)11(26)7-25-10(3)20-9(2)22-25/h8H,4-7H2,1-3H3,(H,27,28). The van der Waals surface area contributed by atoms with Gasteiger partial charge >= 0.3 is 12.1 Å². The monoisotopic (exact) mass is 432 g/mol. The van der Waals surface area contributed by atoms with Crippen LogP contribution in [0.4, 0.5) is 18.2 Å². The summed E-state index contributed by atoms with van der Waals surface area (Å²) >= 11 is 0.303. The highest BCUT2D eigenvalue weighted by Crippen LogP contribution is 2.39. The molecule has 1 fully saturated rings. The Labute approximate surface area is 167 Å². The first-order valence-electron chi connectivity index (χ1n) is 8.71. The largest absolute Gasteiger partial charge is 0.476 e. The molecule has 0 aromatic carbocycles. The molecule has 1 saturated heterocycles. The zero-order valence-electron chi connectivity index (χ0n) is 15.9. The molecule has 29 heavy (non-hydrogen) atoms. The van der Waals surface area contributed by atoms with Crippen molar-refractivity contribution in [2.24, 2.45) is 0 Å². The molecule has 3 heterocycles. The van der Waals surface area contributed by atoms with Gasteiger partial charge in [-0.1, -0.05) is 11.3 Å². The summed E-state index contributed by atoms with van der Waals surface area (Å²) in [6.07, 6.45) is -4.72. The van der Waals surface area contributed by atoms with Crippen molar-refractivity contribution in [2.75, 3.05) is 24.5 Å². The van der Waals surface area contributed by atoms with Crippen LogP contribution in [0.5, 0.6) is 0 Å². The van der Waals surface area contributed by atoms with E-state index in [9.17, 15) is 27.9 Å². The number of carbonyl (C=O) groups excluding carboxylic acids is 1. The lowest BCUT2D eigenvalue weighted by Gasteiger charge is -2.40. The summed E-state index contributed by atoms with van der Waals surface area (Å²) < 4.78 is 40.4. The van der Waals surface area contributed by atoms with Crippen LogP contribution in [0.25, 0.3) is 0 Å². The molecule has 0 saturated carbocycles. The molecule has 1 N–H and O–H groups in total. The van der Waals surface area contributed by atoms with E-state index in [4.69, 9.17) is 0 Å². The lowest BCUT2D eigenvalue weighted by atomic mass is 10.2. The maximum Gasteiger partial charge on any atom is 0.443 e. The zero-order chi connectivity index (χ0) is 21.5. The average Bonchev–Trinajstić information content (AvgIpc) is 3.18. The number of hydrogen-bond acceptors (Lipinski definition) is 7. The van der Waals surface area contributed by atoms with Crippen LogP contribution in [-0.2, 0) is 17.5 Å². The maximum atomic E-state index is 13.0.